The number of carbonyl (C=O) groups is 5. The molecule has 14 N–H and O–H groups in total. The van der Waals surface area contributed by atoms with Crippen molar-refractivity contribution in [1.29, 1.82) is 0 Å². The van der Waals surface area contributed by atoms with Gasteiger partial charge in [-0.25, -0.2) is 0 Å². The zero-order chi connectivity index (χ0) is 71.2. The third-order valence-electron chi connectivity index (χ3n) is 17.8. The van der Waals surface area contributed by atoms with Crippen molar-refractivity contribution in [2.24, 2.45) is 17.8 Å². The molecule has 2 bridgehead atoms. The Balaban J connectivity index is 1.39. The second-order valence-corrected chi connectivity index (χ2v) is 26.5. The topological polar surface area (TPSA) is 391 Å². The summed E-state index contributed by atoms with van der Waals surface area (Å²) >= 11 is 0. The Labute approximate surface area is 570 Å². The van der Waals surface area contributed by atoms with Gasteiger partial charge in [0.2, 0.25) is 11.8 Å². The number of hydrogen-bond donors (Lipinski definition) is 14. The molecule has 0 aliphatic carbocycles. The predicted molar refractivity (Wildman–Crippen MR) is 363 cm³/mol. The van der Waals surface area contributed by atoms with E-state index < -0.39 is 178 Å². The Kier molecular flexibility index (Phi) is 35.8. The van der Waals surface area contributed by atoms with Gasteiger partial charge in [-0.3, -0.25) is 33.8 Å². The van der Waals surface area contributed by atoms with Gasteiger partial charge in [0, 0.05) is 109 Å². The smallest absolute Gasteiger partial charge is 0.308 e. The van der Waals surface area contributed by atoms with E-state index in [4.69, 9.17) is 18.9 Å². The van der Waals surface area contributed by atoms with Crippen LogP contribution in [0, 0.1) is 17.8 Å². The number of esters is 1. The first-order valence-corrected chi connectivity index (χ1v) is 34.0. The molecule has 3 fully saturated rings. The van der Waals surface area contributed by atoms with Gasteiger partial charge in [-0.1, -0.05) is 98.9 Å². The molecule has 26 nitrogen and oxygen atoms in total. The number of hydrogen-bond acceptors (Lipinski definition) is 24. The van der Waals surface area contributed by atoms with Gasteiger partial charge in [-0.2, -0.15) is 0 Å². The van der Waals surface area contributed by atoms with Crippen LogP contribution in [-0.2, 0) is 38.1 Å². The van der Waals surface area contributed by atoms with E-state index in [-0.39, 0.29) is 56.6 Å². The lowest BCUT2D eigenvalue weighted by atomic mass is 9.82. The molecule has 0 spiro atoms. The number of nitrogens with zero attached hydrogens (tertiary/aromatic N) is 3. The molecule has 4 heterocycles. The van der Waals surface area contributed by atoms with Gasteiger partial charge < -0.3 is 96.0 Å². The van der Waals surface area contributed by atoms with Crippen LogP contribution in [0.2, 0.25) is 0 Å². The van der Waals surface area contributed by atoms with Crippen molar-refractivity contribution in [3.8, 4) is 0 Å². The molecule has 544 valence electrons. The third-order valence-corrected chi connectivity index (χ3v) is 17.8. The summed E-state index contributed by atoms with van der Waals surface area (Å²) in [5.74, 6) is -7.13. The molecule has 4 aliphatic heterocycles. The normalized spacial score (nSPS) is 34.8. The maximum absolute atomic E-state index is 14.1. The van der Waals surface area contributed by atoms with Crippen LogP contribution in [0.4, 0.5) is 5.69 Å². The Bertz CT molecular complexity index is 2770. The maximum Gasteiger partial charge on any atom is 0.308 e. The van der Waals surface area contributed by atoms with Crippen LogP contribution >= 0.6 is 0 Å². The summed E-state index contributed by atoms with van der Waals surface area (Å²) in [4.78, 5) is 73.0. The summed E-state index contributed by atoms with van der Waals surface area (Å²) in [6, 6.07) is 5.64. The second kappa shape index (κ2) is 42.4. The quantitative estimate of drug-likeness (QED) is 0.0681. The van der Waals surface area contributed by atoms with E-state index in [9.17, 15) is 80.1 Å². The number of carbonyl (C=O) groups excluding carboxylic acids is 5. The number of anilines is 1. The molecular weight excluding hydrogens is 1260 g/mol. The lowest BCUT2D eigenvalue weighted by Gasteiger charge is -2.46. The number of aliphatic hydroxyl groups excluding tert-OH is 10. The van der Waals surface area contributed by atoms with Crippen LogP contribution in [0.3, 0.4) is 0 Å². The maximum atomic E-state index is 14.1. The molecule has 0 saturated carbocycles. The van der Waals surface area contributed by atoms with Gasteiger partial charge >= 0.3 is 5.97 Å². The Morgan fingerprint density at radius 1 is 0.722 bits per heavy atom. The number of ether oxygens (including phenoxy) is 4. The lowest BCUT2D eigenvalue weighted by Crippen LogP contribution is -2.65. The Hall–Kier alpha value is -5.73. The summed E-state index contributed by atoms with van der Waals surface area (Å²) < 4.78 is 24.8. The fraction of sp³-hybridized carbons (Fsp3) is 0.648. The first kappa shape index (κ1) is 81.9. The Morgan fingerprint density at radius 2 is 1.30 bits per heavy atom. The van der Waals surface area contributed by atoms with Crippen LogP contribution in [-0.4, -0.2) is 278 Å². The number of β-amino-alcohol motifs (C(OH)–C–C–N with tert-alkyl or cyclic N) is 1. The number of likely N-dealkylation sites (N-methyl/N-ethyl adjacent to an activating group) is 1. The summed E-state index contributed by atoms with van der Waals surface area (Å²) in [5.41, 5.74) is 1.30. The number of fused-ring (bicyclic) bond motifs is 2. The summed E-state index contributed by atoms with van der Waals surface area (Å²) in [7, 11) is 5.39. The molecule has 5 rings (SSSR count). The van der Waals surface area contributed by atoms with E-state index in [1.54, 1.807) is 117 Å². The van der Waals surface area contributed by atoms with Gasteiger partial charge in [0.05, 0.1) is 92.6 Å². The number of allylic oxidation sites excluding steroid dienone is 12. The average Bonchev–Trinajstić information content (AvgIpc) is 0.788. The van der Waals surface area contributed by atoms with Gasteiger partial charge in [-0.15, -0.1) is 0 Å². The molecule has 4 aliphatic rings. The van der Waals surface area contributed by atoms with Crippen molar-refractivity contribution in [2.45, 2.75) is 195 Å². The molecular formula is C71H110N6O20. The van der Waals surface area contributed by atoms with Crippen LogP contribution in [0.1, 0.15) is 108 Å². The minimum absolute atomic E-state index is 0.0135. The molecule has 1 aromatic rings. The van der Waals surface area contributed by atoms with Gasteiger partial charge in [0.1, 0.15) is 24.1 Å². The highest BCUT2D eigenvalue weighted by Crippen LogP contribution is 2.38. The largest absolute Gasteiger partial charge is 0.461 e. The lowest BCUT2D eigenvalue weighted by molar-refractivity contribution is -0.307. The van der Waals surface area contributed by atoms with E-state index in [2.05, 4.69) is 20.9 Å². The first-order valence-electron chi connectivity index (χ1n) is 34.0. The van der Waals surface area contributed by atoms with Crippen LogP contribution in [0.15, 0.2) is 109 Å². The number of nitrogens with one attached hydrogen (secondary N) is 3. The zero-order valence-corrected chi connectivity index (χ0v) is 57.1. The van der Waals surface area contributed by atoms with Gasteiger partial charge in [0.15, 0.2) is 17.9 Å². The first-order chi connectivity index (χ1) is 46.1. The van der Waals surface area contributed by atoms with Crippen molar-refractivity contribution in [1.82, 2.24) is 25.3 Å². The van der Waals surface area contributed by atoms with Gasteiger partial charge in [0.25, 0.3) is 0 Å². The van der Waals surface area contributed by atoms with Crippen molar-refractivity contribution in [3.05, 3.63) is 115 Å². The molecule has 2 amide bonds. The number of piperazine rings is 1. The number of rotatable bonds is 19. The molecule has 19 atom stereocenters. The highest BCUT2D eigenvalue weighted by atomic mass is 16.7. The van der Waals surface area contributed by atoms with E-state index >= 15 is 0 Å². The van der Waals surface area contributed by atoms with Crippen LogP contribution in [0.25, 0.3) is 0 Å². The standard InChI is InChI=1S/C71H110N6O20/c1-46-19-17-15-13-11-9-7-8-10-12-14-16-18-20-58(95-70-67(91)65(66(90)48(3)94-70)74-62(88)45-77-31-29-76(30-32-77)33-34-78)42-61-64(69(92)73-27-28-75(5)6)60(87)44-71(93,97-61)43-57(85)39-55(83)37-53(81)35-52(80)36-54(82)38-56(84)41-63(89)96-68(46)47(2)21-26-51(79)40-59(86)49-22-24-50(72-4)25-23-49/h7-20,22-25,46-48,51-53,55-58,60-61,64-68,70,72,78-81,83-85,87,90-91,93H,21,26-45H2,1-6H3,(H,73,92)(H,74,88)/b8-7+,11-9+,12-10+,15-13+,16-14+,19-17+,20-18+/t46?,47?,48-,51?,52?,53?,55?,56?,57?,58?,60?,61?,64?,65+,66-,67+,68?,70+,71?/m1/s1. The number of Topliss-reactive ketones (excluding diaryl/α,β-unsaturated/α-hetero) is 2. The van der Waals surface area contributed by atoms with E-state index in [0.29, 0.717) is 51.3 Å². The molecule has 97 heavy (non-hydrogen) atoms. The van der Waals surface area contributed by atoms with Crippen molar-refractivity contribution < 1.29 is 99.1 Å². The highest BCUT2D eigenvalue weighted by Gasteiger charge is 2.51. The molecule has 14 unspecified atom stereocenters. The van der Waals surface area contributed by atoms with Crippen LogP contribution < -0.4 is 16.0 Å². The minimum Gasteiger partial charge on any atom is -0.461 e. The molecule has 1 aromatic carbocycles. The Morgan fingerprint density at radius 3 is 1.91 bits per heavy atom. The number of benzene rings is 1. The summed E-state index contributed by atoms with van der Waals surface area (Å²) in [6.07, 6.45) is 1.93. The van der Waals surface area contributed by atoms with Gasteiger partial charge in [-0.05, 0) is 83.3 Å². The molecule has 0 aromatic heterocycles. The van der Waals surface area contributed by atoms with Crippen molar-refractivity contribution >= 4 is 35.0 Å². The zero-order valence-electron chi connectivity index (χ0n) is 57.1. The summed E-state index contributed by atoms with van der Waals surface area (Å²) in [6.45, 7) is 8.74. The SMILES string of the molecule is CNc1ccc(C(=O)CC(O)CCC(C)C2OC(=O)CC(O)CC(=O)CC(O)CC(O)CC(O)CC(O)CC3(O)CC(O)C(C(=O)NCCN(C)C)C(CC(O[C@@H]4O[C@H](C)[C@@H](O)[C@H](NC(=O)CN5CCN(CCO)CC5)[C@@H]4O)/C=C/C=C/C=C/C=C/C=C/C=C/C=C/C2C)O3)cc1. The number of aliphatic hydroxyl groups is 11. The second-order valence-electron chi connectivity index (χ2n) is 26.5. The monoisotopic (exact) mass is 1370 g/mol. The average molecular weight is 1370 g/mol. The predicted octanol–water partition coefficient (Wildman–Crippen LogP) is 1.11. The van der Waals surface area contributed by atoms with E-state index in [1.807, 2.05) is 43.8 Å². The van der Waals surface area contributed by atoms with Crippen molar-refractivity contribution in [2.75, 3.05) is 85.4 Å². The number of amides is 2. The van der Waals surface area contributed by atoms with E-state index in [0.717, 1.165) is 5.69 Å². The van der Waals surface area contributed by atoms with E-state index in [1.165, 1.54) is 0 Å². The van der Waals surface area contributed by atoms with Crippen LogP contribution in [0.5, 0.6) is 0 Å². The molecule has 26 heteroatoms. The molecule has 3 saturated heterocycles. The van der Waals surface area contributed by atoms with Crippen molar-refractivity contribution in [3.63, 3.8) is 0 Å². The fourth-order valence-corrected chi connectivity index (χ4v) is 12.5. The fourth-order valence-electron chi connectivity index (χ4n) is 12.5. The highest BCUT2D eigenvalue weighted by molar-refractivity contribution is 5.96. The molecule has 0 radical (unpaired) electrons. The number of cyclic esters (lactones) is 1. The minimum atomic E-state index is -2.33. The summed E-state index contributed by atoms with van der Waals surface area (Å²) in [5, 5.41) is 131. The third kappa shape index (κ3) is 29.6. The number of ketones is 2.